The molecule has 0 saturated heterocycles. The third-order valence-electron chi connectivity index (χ3n) is 1.80. The van der Waals surface area contributed by atoms with E-state index in [2.05, 4.69) is 5.32 Å². The van der Waals surface area contributed by atoms with Crippen LogP contribution in [0.1, 0.15) is 6.92 Å². The van der Waals surface area contributed by atoms with Crippen molar-refractivity contribution in [1.82, 2.24) is 5.32 Å². The minimum Gasteiger partial charge on any atom is -0.316 e. The molecule has 1 atom stereocenters. The highest BCUT2D eigenvalue weighted by molar-refractivity contribution is 7.85. The second-order valence-corrected chi connectivity index (χ2v) is 4.37. The third-order valence-corrected chi connectivity index (χ3v) is 3.19. The SMILES string of the molecule is CCNCCS(=O)c1ccccc1F. The summed E-state index contributed by atoms with van der Waals surface area (Å²) in [5.41, 5.74) is 0. The molecule has 0 heterocycles. The van der Waals surface area contributed by atoms with E-state index in [1.54, 1.807) is 18.2 Å². The van der Waals surface area contributed by atoms with Crippen LogP contribution in [0.15, 0.2) is 29.2 Å². The lowest BCUT2D eigenvalue weighted by Crippen LogP contribution is -2.20. The van der Waals surface area contributed by atoms with Crippen molar-refractivity contribution in [1.29, 1.82) is 0 Å². The molecule has 0 aliphatic rings. The lowest BCUT2D eigenvalue weighted by atomic mass is 10.3. The van der Waals surface area contributed by atoms with E-state index in [0.29, 0.717) is 17.2 Å². The molecule has 0 aromatic heterocycles. The standard InChI is InChI=1S/C10H14FNOS/c1-2-12-7-8-14(13)10-6-4-3-5-9(10)11/h3-6,12H,2,7-8H2,1H3. The van der Waals surface area contributed by atoms with Crippen LogP contribution in [-0.2, 0) is 10.8 Å². The molecule has 1 N–H and O–H groups in total. The Morgan fingerprint density at radius 3 is 2.79 bits per heavy atom. The van der Waals surface area contributed by atoms with Gasteiger partial charge in [0.15, 0.2) is 0 Å². The van der Waals surface area contributed by atoms with Gasteiger partial charge in [0.05, 0.1) is 15.7 Å². The van der Waals surface area contributed by atoms with Gasteiger partial charge in [-0.25, -0.2) is 4.39 Å². The summed E-state index contributed by atoms with van der Waals surface area (Å²) in [6.07, 6.45) is 0. The Morgan fingerprint density at radius 2 is 2.14 bits per heavy atom. The minimum absolute atomic E-state index is 0.297. The quantitative estimate of drug-likeness (QED) is 0.755. The van der Waals surface area contributed by atoms with E-state index in [-0.39, 0.29) is 5.82 Å². The Balaban J connectivity index is 2.56. The second kappa shape index (κ2) is 5.88. The summed E-state index contributed by atoms with van der Waals surface area (Å²) < 4.78 is 24.7. The third kappa shape index (κ3) is 3.20. The van der Waals surface area contributed by atoms with Gasteiger partial charge >= 0.3 is 0 Å². The summed E-state index contributed by atoms with van der Waals surface area (Å²) in [7, 11) is -1.23. The molecule has 1 aromatic carbocycles. The second-order valence-electron chi connectivity index (χ2n) is 2.83. The van der Waals surface area contributed by atoms with Crippen molar-refractivity contribution in [2.24, 2.45) is 0 Å². The van der Waals surface area contributed by atoms with E-state index in [9.17, 15) is 8.60 Å². The van der Waals surface area contributed by atoms with Crippen LogP contribution in [0, 0.1) is 5.82 Å². The Bertz CT molecular complexity index is 317. The lowest BCUT2D eigenvalue weighted by Gasteiger charge is -2.03. The molecule has 0 fully saturated rings. The Labute approximate surface area is 86.0 Å². The van der Waals surface area contributed by atoms with Gasteiger partial charge in [-0.15, -0.1) is 0 Å². The summed E-state index contributed by atoms with van der Waals surface area (Å²) in [5, 5.41) is 3.05. The number of rotatable bonds is 5. The molecule has 0 aliphatic heterocycles. The van der Waals surface area contributed by atoms with E-state index < -0.39 is 10.8 Å². The van der Waals surface area contributed by atoms with Crippen LogP contribution < -0.4 is 5.32 Å². The van der Waals surface area contributed by atoms with Crippen LogP contribution in [0.4, 0.5) is 4.39 Å². The van der Waals surface area contributed by atoms with Crippen LogP contribution in [0.2, 0.25) is 0 Å². The molecule has 1 rings (SSSR count). The molecule has 0 spiro atoms. The molecule has 0 amide bonds. The smallest absolute Gasteiger partial charge is 0.139 e. The molecule has 0 bridgehead atoms. The molecule has 0 aliphatic carbocycles. The predicted molar refractivity (Wildman–Crippen MR) is 56.2 cm³/mol. The van der Waals surface area contributed by atoms with E-state index in [0.717, 1.165) is 6.54 Å². The average Bonchev–Trinajstić information content (AvgIpc) is 2.18. The molecule has 1 aromatic rings. The van der Waals surface area contributed by atoms with Crippen LogP contribution in [0.25, 0.3) is 0 Å². The number of benzene rings is 1. The normalized spacial score (nSPS) is 12.7. The first-order valence-electron chi connectivity index (χ1n) is 4.59. The zero-order valence-electron chi connectivity index (χ0n) is 8.13. The van der Waals surface area contributed by atoms with E-state index >= 15 is 0 Å². The maximum atomic E-state index is 13.1. The van der Waals surface area contributed by atoms with Gasteiger partial charge in [0, 0.05) is 12.3 Å². The van der Waals surface area contributed by atoms with E-state index in [4.69, 9.17) is 0 Å². The monoisotopic (exact) mass is 215 g/mol. The Morgan fingerprint density at radius 1 is 1.43 bits per heavy atom. The van der Waals surface area contributed by atoms with Crippen LogP contribution in [-0.4, -0.2) is 23.1 Å². The Hall–Kier alpha value is -0.740. The van der Waals surface area contributed by atoms with Gasteiger partial charge in [0.25, 0.3) is 0 Å². The van der Waals surface area contributed by atoms with Crippen molar-refractivity contribution in [3.05, 3.63) is 30.1 Å². The van der Waals surface area contributed by atoms with Crippen LogP contribution in [0.3, 0.4) is 0 Å². The van der Waals surface area contributed by atoms with Crippen molar-refractivity contribution < 1.29 is 8.60 Å². The zero-order chi connectivity index (χ0) is 10.4. The zero-order valence-corrected chi connectivity index (χ0v) is 8.94. The number of hydrogen-bond donors (Lipinski definition) is 1. The Kier molecular flexibility index (Phi) is 4.76. The topological polar surface area (TPSA) is 29.1 Å². The number of hydrogen-bond acceptors (Lipinski definition) is 2. The number of nitrogens with one attached hydrogen (secondary N) is 1. The van der Waals surface area contributed by atoms with Gasteiger partial charge in [-0.3, -0.25) is 4.21 Å². The van der Waals surface area contributed by atoms with Crippen LogP contribution >= 0.6 is 0 Å². The molecule has 0 radical (unpaired) electrons. The molecule has 1 unspecified atom stereocenters. The van der Waals surface area contributed by atoms with Gasteiger partial charge in [-0.1, -0.05) is 19.1 Å². The summed E-state index contributed by atoms with van der Waals surface area (Å²) in [5.74, 6) is 0.0664. The molecular weight excluding hydrogens is 201 g/mol. The van der Waals surface area contributed by atoms with Crippen LogP contribution in [0.5, 0.6) is 0 Å². The van der Waals surface area contributed by atoms with Gasteiger partial charge in [-0.2, -0.15) is 0 Å². The molecule has 78 valence electrons. The molecule has 0 saturated carbocycles. The van der Waals surface area contributed by atoms with Crippen molar-refractivity contribution in [2.45, 2.75) is 11.8 Å². The highest BCUT2D eigenvalue weighted by atomic mass is 32.2. The van der Waals surface area contributed by atoms with E-state index in [1.165, 1.54) is 6.07 Å². The number of halogens is 1. The molecule has 2 nitrogen and oxygen atoms in total. The largest absolute Gasteiger partial charge is 0.316 e. The summed E-state index contributed by atoms with van der Waals surface area (Å²) in [6.45, 7) is 3.47. The highest BCUT2D eigenvalue weighted by Gasteiger charge is 2.07. The first-order chi connectivity index (χ1) is 6.75. The summed E-state index contributed by atoms with van der Waals surface area (Å²) >= 11 is 0. The van der Waals surface area contributed by atoms with Crippen molar-refractivity contribution in [2.75, 3.05) is 18.8 Å². The van der Waals surface area contributed by atoms with Crippen molar-refractivity contribution >= 4 is 10.8 Å². The fourth-order valence-electron chi connectivity index (χ4n) is 1.08. The fourth-order valence-corrected chi connectivity index (χ4v) is 2.15. The first kappa shape index (κ1) is 11.3. The maximum absolute atomic E-state index is 13.1. The predicted octanol–water partition coefficient (Wildman–Crippen LogP) is 1.54. The highest BCUT2D eigenvalue weighted by Crippen LogP contribution is 2.10. The lowest BCUT2D eigenvalue weighted by molar-refractivity contribution is 0.594. The first-order valence-corrected chi connectivity index (χ1v) is 5.91. The van der Waals surface area contributed by atoms with Gasteiger partial charge in [0.2, 0.25) is 0 Å². The fraction of sp³-hybridized carbons (Fsp3) is 0.400. The van der Waals surface area contributed by atoms with Crippen molar-refractivity contribution in [3.63, 3.8) is 0 Å². The van der Waals surface area contributed by atoms with Gasteiger partial charge in [0.1, 0.15) is 5.82 Å². The minimum atomic E-state index is -1.23. The van der Waals surface area contributed by atoms with Gasteiger partial charge < -0.3 is 5.32 Å². The van der Waals surface area contributed by atoms with Gasteiger partial charge in [-0.05, 0) is 18.7 Å². The average molecular weight is 215 g/mol. The summed E-state index contributed by atoms with van der Waals surface area (Å²) in [4.78, 5) is 0.297. The maximum Gasteiger partial charge on any atom is 0.139 e. The molecule has 4 heteroatoms. The summed E-state index contributed by atoms with van der Waals surface area (Å²) in [6, 6.07) is 6.20. The van der Waals surface area contributed by atoms with E-state index in [1.807, 2.05) is 6.92 Å². The van der Waals surface area contributed by atoms with Crippen molar-refractivity contribution in [3.8, 4) is 0 Å². The molecular formula is C10H14FNOS. The molecule has 14 heavy (non-hydrogen) atoms.